The molecule has 0 saturated heterocycles. The van der Waals surface area contributed by atoms with Crippen LogP contribution in [0.15, 0.2) is 48.5 Å². The van der Waals surface area contributed by atoms with E-state index in [0.717, 1.165) is 53.9 Å². The third-order valence-electron chi connectivity index (χ3n) is 7.53. The second kappa shape index (κ2) is 18.2. The second-order valence-electron chi connectivity index (χ2n) is 14.1. The van der Waals surface area contributed by atoms with Crippen LogP contribution >= 0.6 is 15.9 Å². The lowest BCUT2D eigenvalue weighted by molar-refractivity contribution is -0.904. The van der Waals surface area contributed by atoms with Gasteiger partial charge in [-0.3, -0.25) is 0 Å². The molecule has 0 radical (unpaired) electrons. The highest BCUT2D eigenvalue weighted by molar-refractivity contribution is 9.09. The van der Waals surface area contributed by atoms with Crippen molar-refractivity contribution in [2.45, 2.75) is 97.9 Å². The summed E-state index contributed by atoms with van der Waals surface area (Å²) in [6.07, 6.45) is 10.2. The van der Waals surface area contributed by atoms with Crippen molar-refractivity contribution in [2.24, 2.45) is 5.41 Å². The Kier molecular flexibility index (Phi) is 15.8. The van der Waals surface area contributed by atoms with Crippen LogP contribution in [0.3, 0.4) is 0 Å². The Hall–Kier alpha value is -1.56. The van der Waals surface area contributed by atoms with Gasteiger partial charge in [-0.25, -0.2) is 0 Å². The number of ether oxygens (including phenoxy) is 3. The van der Waals surface area contributed by atoms with Crippen LogP contribution in [0.5, 0.6) is 11.5 Å². The average molecular weight is 634 g/mol. The van der Waals surface area contributed by atoms with E-state index in [9.17, 15) is 0 Å². The largest absolute Gasteiger partial charge is 0.494 e. The maximum Gasteiger partial charge on any atom is 0.119 e. The van der Waals surface area contributed by atoms with Gasteiger partial charge in [0.15, 0.2) is 0 Å². The molecule has 0 N–H and O–H groups in total. The Labute approximate surface area is 260 Å². The molecule has 0 saturated carbocycles. The highest BCUT2D eigenvalue weighted by Crippen LogP contribution is 2.36. The second-order valence-corrected chi connectivity index (χ2v) is 14.9. The van der Waals surface area contributed by atoms with Crippen molar-refractivity contribution in [3.63, 3.8) is 0 Å². The van der Waals surface area contributed by atoms with Crippen LogP contribution < -0.4 is 9.47 Å². The fraction of sp³-hybridized carbons (Fsp3) is 0.667. The summed E-state index contributed by atoms with van der Waals surface area (Å²) in [6, 6.07) is 17.2. The number of benzene rings is 2. The summed E-state index contributed by atoms with van der Waals surface area (Å²) in [5.74, 6) is 1.88. The van der Waals surface area contributed by atoms with Gasteiger partial charge in [-0.1, -0.05) is 94.8 Å². The summed E-state index contributed by atoms with van der Waals surface area (Å²) >= 11 is 3.50. The van der Waals surface area contributed by atoms with Gasteiger partial charge in [0.05, 0.1) is 33.9 Å². The summed E-state index contributed by atoms with van der Waals surface area (Å²) in [6.45, 7) is 16.2. The summed E-state index contributed by atoms with van der Waals surface area (Å²) in [5, 5.41) is 1.13. The van der Waals surface area contributed by atoms with Gasteiger partial charge >= 0.3 is 0 Å². The van der Waals surface area contributed by atoms with Crippen molar-refractivity contribution in [1.82, 2.24) is 0 Å². The van der Waals surface area contributed by atoms with E-state index in [1.54, 1.807) is 0 Å². The molecule has 4 nitrogen and oxygen atoms in total. The van der Waals surface area contributed by atoms with Gasteiger partial charge in [-0.15, -0.1) is 0 Å². The van der Waals surface area contributed by atoms with Gasteiger partial charge in [0.25, 0.3) is 0 Å². The zero-order valence-corrected chi connectivity index (χ0v) is 28.9. The molecular weight excluding hydrogens is 574 g/mol. The van der Waals surface area contributed by atoms with Crippen molar-refractivity contribution in [1.29, 1.82) is 0 Å². The molecule has 0 atom stereocenters. The number of halogens is 1. The number of nitrogens with zero attached hydrogens (tertiary/aromatic N) is 1. The van der Waals surface area contributed by atoms with E-state index >= 15 is 0 Å². The van der Waals surface area contributed by atoms with Crippen LogP contribution in [0.4, 0.5) is 0 Å². The van der Waals surface area contributed by atoms with E-state index in [0.29, 0.717) is 25.2 Å². The van der Waals surface area contributed by atoms with Crippen LogP contribution in [-0.4, -0.2) is 56.9 Å². The molecule has 0 amide bonds. The van der Waals surface area contributed by atoms with Crippen molar-refractivity contribution < 1.29 is 18.7 Å². The topological polar surface area (TPSA) is 27.7 Å². The Morgan fingerprint density at radius 1 is 0.634 bits per heavy atom. The minimum atomic E-state index is 0.145. The van der Waals surface area contributed by atoms with Crippen LogP contribution in [0.25, 0.3) is 0 Å². The molecule has 0 spiro atoms. The first-order chi connectivity index (χ1) is 19.4. The first kappa shape index (κ1) is 35.6. The van der Waals surface area contributed by atoms with E-state index in [4.69, 9.17) is 14.2 Å². The zero-order chi connectivity index (χ0) is 30.2. The molecule has 232 valence electrons. The standard InChI is InChI=1S/C36H59BrNO3/c1-35(2,3)30-36(4,5)32-17-21-34(22-18-32)41-28-27-39-26-24-38(6,7)29-31-15-19-33(20-16-31)40-25-14-12-10-8-9-11-13-23-37/h15-22H,8-14,23-30H2,1-7H3/q+1. The molecule has 2 aromatic carbocycles. The predicted molar refractivity (Wildman–Crippen MR) is 179 cm³/mol. The number of quaternary nitrogens is 1. The molecule has 0 aliphatic rings. The maximum atomic E-state index is 5.97. The summed E-state index contributed by atoms with van der Waals surface area (Å²) in [4.78, 5) is 0. The van der Waals surface area contributed by atoms with E-state index in [-0.39, 0.29) is 5.41 Å². The highest BCUT2D eigenvalue weighted by Gasteiger charge is 2.27. The zero-order valence-electron chi connectivity index (χ0n) is 27.3. The van der Waals surface area contributed by atoms with Crippen molar-refractivity contribution >= 4 is 15.9 Å². The smallest absolute Gasteiger partial charge is 0.119 e. The normalized spacial score (nSPS) is 12.5. The van der Waals surface area contributed by atoms with Gasteiger partial charge in [0.1, 0.15) is 31.2 Å². The van der Waals surface area contributed by atoms with Gasteiger partial charge in [0, 0.05) is 10.9 Å². The minimum Gasteiger partial charge on any atom is -0.494 e. The summed E-state index contributed by atoms with van der Waals surface area (Å²) < 4.78 is 18.7. The maximum absolute atomic E-state index is 5.97. The van der Waals surface area contributed by atoms with Crippen molar-refractivity contribution in [3.05, 3.63) is 59.7 Å². The molecule has 5 heteroatoms. The van der Waals surface area contributed by atoms with Crippen LogP contribution in [0, 0.1) is 5.41 Å². The van der Waals surface area contributed by atoms with Gasteiger partial charge in [-0.2, -0.15) is 0 Å². The number of alkyl halides is 1. The number of hydrogen-bond acceptors (Lipinski definition) is 3. The third kappa shape index (κ3) is 16.0. The van der Waals surface area contributed by atoms with E-state index in [2.05, 4.69) is 113 Å². The quantitative estimate of drug-likeness (QED) is 0.0779. The molecule has 41 heavy (non-hydrogen) atoms. The number of unbranched alkanes of at least 4 members (excludes halogenated alkanes) is 6. The van der Waals surface area contributed by atoms with Crippen LogP contribution in [0.2, 0.25) is 0 Å². The minimum absolute atomic E-state index is 0.145. The number of likely N-dealkylation sites (N-methyl/N-ethyl adjacent to an activating group) is 1. The molecule has 2 rings (SSSR count). The van der Waals surface area contributed by atoms with Crippen molar-refractivity contribution in [3.8, 4) is 11.5 Å². The summed E-state index contributed by atoms with van der Waals surface area (Å²) in [5.41, 5.74) is 3.12. The van der Waals surface area contributed by atoms with Gasteiger partial charge in [-0.05, 0) is 72.1 Å². The lowest BCUT2D eigenvalue weighted by Gasteiger charge is -2.33. The molecular formula is C36H59BrNO3+. The number of hydrogen-bond donors (Lipinski definition) is 0. The van der Waals surface area contributed by atoms with Crippen LogP contribution in [0.1, 0.15) is 97.1 Å². The molecule has 0 aliphatic carbocycles. The predicted octanol–water partition coefficient (Wildman–Crippen LogP) is 9.58. The SMILES string of the molecule is CC(C)(C)CC(C)(C)c1ccc(OCCOCC[N+](C)(C)Cc2ccc(OCCCCCCCCCBr)cc2)cc1. The fourth-order valence-electron chi connectivity index (χ4n) is 5.60. The monoisotopic (exact) mass is 632 g/mol. The molecule has 0 heterocycles. The molecule has 0 aromatic heterocycles. The average Bonchev–Trinajstić information content (AvgIpc) is 2.89. The molecule has 0 aliphatic heterocycles. The first-order valence-corrected chi connectivity index (χ1v) is 16.9. The fourth-order valence-corrected chi connectivity index (χ4v) is 5.99. The Bertz CT molecular complexity index is 948. The Morgan fingerprint density at radius 3 is 1.76 bits per heavy atom. The van der Waals surface area contributed by atoms with Gasteiger partial charge in [0.2, 0.25) is 0 Å². The highest BCUT2D eigenvalue weighted by atomic mass is 79.9. The lowest BCUT2D eigenvalue weighted by atomic mass is 9.72. The Balaban J connectivity index is 1.59. The molecule has 0 fully saturated rings. The van der Waals surface area contributed by atoms with Gasteiger partial charge < -0.3 is 18.7 Å². The Morgan fingerprint density at radius 2 is 1.17 bits per heavy atom. The first-order valence-electron chi connectivity index (χ1n) is 15.8. The lowest BCUT2D eigenvalue weighted by Crippen LogP contribution is -2.41. The summed E-state index contributed by atoms with van der Waals surface area (Å²) in [7, 11) is 4.51. The van der Waals surface area contributed by atoms with Crippen LogP contribution in [-0.2, 0) is 16.7 Å². The van der Waals surface area contributed by atoms with E-state index < -0.39 is 0 Å². The number of rotatable bonds is 21. The molecule has 0 bridgehead atoms. The van der Waals surface area contributed by atoms with E-state index in [1.165, 1.54) is 49.7 Å². The molecule has 2 aromatic rings. The van der Waals surface area contributed by atoms with Crippen molar-refractivity contribution in [2.75, 3.05) is 52.4 Å². The van der Waals surface area contributed by atoms with E-state index in [1.807, 2.05) is 0 Å². The molecule has 0 unspecified atom stereocenters. The third-order valence-corrected chi connectivity index (χ3v) is 8.09.